The SMILES string of the molecule is Cc1cc(C)cc(N2CCC(C(=O)Nc3cc4c(cc3N)OCO4)C2=O)c1.Cl. The molecule has 148 valence electrons. The maximum atomic E-state index is 12.8. The van der Waals surface area contributed by atoms with Crippen molar-refractivity contribution in [2.24, 2.45) is 5.92 Å². The summed E-state index contributed by atoms with van der Waals surface area (Å²) in [5, 5.41) is 2.76. The van der Waals surface area contributed by atoms with Crippen LogP contribution in [0.3, 0.4) is 0 Å². The van der Waals surface area contributed by atoms with E-state index in [1.54, 1.807) is 17.0 Å². The lowest BCUT2D eigenvalue weighted by Crippen LogP contribution is -2.33. The summed E-state index contributed by atoms with van der Waals surface area (Å²) in [7, 11) is 0. The van der Waals surface area contributed by atoms with Gasteiger partial charge in [0.05, 0.1) is 11.4 Å². The topological polar surface area (TPSA) is 93.9 Å². The summed E-state index contributed by atoms with van der Waals surface area (Å²) in [5.41, 5.74) is 9.76. The fraction of sp³-hybridized carbons (Fsp3) is 0.300. The number of hydrogen-bond donors (Lipinski definition) is 2. The van der Waals surface area contributed by atoms with Gasteiger partial charge >= 0.3 is 0 Å². The first kappa shape index (κ1) is 19.8. The highest BCUT2D eigenvalue weighted by molar-refractivity contribution is 6.14. The van der Waals surface area contributed by atoms with Gasteiger partial charge in [0.1, 0.15) is 5.92 Å². The Hall–Kier alpha value is -2.93. The number of nitrogens with zero attached hydrogens (tertiary/aromatic N) is 1. The van der Waals surface area contributed by atoms with E-state index in [1.807, 2.05) is 26.0 Å². The lowest BCUT2D eigenvalue weighted by Gasteiger charge is -2.18. The third-order valence-electron chi connectivity index (χ3n) is 4.84. The molecule has 1 unspecified atom stereocenters. The predicted molar refractivity (Wildman–Crippen MR) is 109 cm³/mol. The number of carbonyl (C=O) groups excluding carboxylic acids is 2. The minimum atomic E-state index is -0.740. The molecule has 1 saturated heterocycles. The fourth-order valence-electron chi connectivity index (χ4n) is 3.57. The zero-order valence-electron chi connectivity index (χ0n) is 15.7. The minimum absolute atomic E-state index is 0. The van der Waals surface area contributed by atoms with Crippen LogP contribution in [0.1, 0.15) is 17.5 Å². The molecule has 2 heterocycles. The van der Waals surface area contributed by atoms with Crippen LogP contribution in [-0.2, 0) is 9.59 Å². The van der Waals surface area contributed by atoms with Gasteiger partial charge in [-0.2, -0.15) is 0 Å². The molecular formula is C20H22ClN3O4. The van der Waals surface area contributed by atoms with Gasteiger partial charge in [-0.05, 0) is 43.5 Å². The van der Waals surface area contributed by atoms with Crippen LogP contribution in [0.4, 0.5) is 17.1 Å². The number of benzene rings is 2. The van der Waals surface area contributed by atoms with Gasteiger partial charge in [0.25, 0.3) is 0 Å². The molecule has 3 N–H and O–H groups in total. The Morgan fingerprint density at radius 2 is 1.75 bits per heavy atom. The number of anilines is 3. The number of ether oxygens (including phenoxy) is 2. The summed E-state index contributed by atoms with van der Waals surface area (Å²) in [5.74, 6) is -0.234. The number of rotatable bonds is 3. The molecule has 2 amide bonds. The first-order valence-corrected chi connectivity index (χ1v) is 8.82. The summed E-state index contributed by atoms with van der Waals surface area (Å²) >= 11 is 0. The Labute approximate surface area is 169 Å². The van der Waals surface area contributed by atoms with E-state index in [9.17, 15) is 9.59 Å². The summed E-state index contributed by atoms with van der Waals surface area (Å²) in [6.45, 7) is 4.61. The molecule has 0 saturated carbocycles. The molecule has 2 aromatic rings. The van der Waals surface area contributed by atoms with E-state index in [0.717, 1.165) is 16.8 Å². The maximum absolute atomic E-state index is 12.8. The molecule has 1 fully saturated rings. The molecule has 7 nitrogen and oxygen atoms in total. The third kappa shape index (κ3) is 3.57. The Balaban J connectivity index is 0.00000225. The van der Waals surface area contributed by atoms with Crippen LogP contribution in [-0.4, -0.2) is 25.2 Å². The monoisotopic (exact) mass is 403 g/mol. The lowest BCUT2D eigenvalue weighted by atomic mass is 10.1. The Morgan fingerprint density at radius 1 is 1.11 bits per heavy atom. The average Bonchev–Trinajstić information content (AvgIpc) is 3.20. The molecule has 0 aromatic heterocycles. The molecule has 8 heteroatoms. The first-order valence-electron chi connectivity index (χ1n) is 8.82. The van der Waals surface area contributed by atoms with Crippen molar-refractivity contribution in [2.75, 3.05) is 29.3 Å². The molecule has 1 atom stereocenters. The number of fused-ring (bicyclic) bond motifs is 1. The number of halogens is 1. The summed E-state index contributed by atoms with van der Waals surface area (Å²) in [6.07, 6.45) is 0.460. The normalized spacial score (nSPS) is 17.4. The quantitative estimate of drug-likeness (QED) is 0.606. The molecule has 0 spiro atoms. The zero-order chi connectivity index (χ0) is 19.1. The smallest absolute Gasteiger partial charge is 0.239 e. The largest absolute Gasteiger partial charge is 0.454 e. The fourth-order valence-corrected chi connectivity index (χ4v) is 3.57. The molecule has 4 rings (SSSR count). The molecule has 2 aromatic carbocycles. The Bertz CT molecular complexity index is 927. The van der Waals surface area contributed by atoms with Crippen LogP contribution < -0.4 is 25.4 Å². The van der Waals surface area contributed by atoms with Gasteiger partial charge in [0.2, 0.25) is 18.6 Å². The second-order valence-corrected chi connectivity index (χ2v) is 6.96. The number of carbonyl (C=O) groups is 2. The van der Waals surface area contributed by atoms with Gasteiger partial charge in [-0.25, -0.2) is 0 Å². The highest BCUT2D eigenvalue weighted by atomic mass is 35.5. The van der Waals surface area contributed by atoms with E-state index in [4.69, 9.17) is 15.2 Å². The van der Waals surface area contributed by atoms with Crippen LogP contribution in [0.15, 0.2) is 30.3 Å². The van der Waals surface area contributed by atoms with Gasteiger partial charge in [0.15, 0.2) is 11.5 Å². The van der Waals surface area contributed by atoms with Crippen LogP contribution in [0.5, 0.6) is 11.5 Å². The summed E-state index contributed by atoms with van der Waals surface area (Å²) in [4.78, 5) is 27.2. The van der Waals surface area contributed by atoms with E-state index in [-0.39, 0.29) is 31.0 Å². The second kappa shape index (κ2) is 7.59. The molecule has 0 aliphatic carbocycles. The van der Waals surface area contributed by atoms with E-state index >= 15 is 0 Å². The minimum Gasteiger partial charge on any atom is -0.454 e. The Kier molecular flexibility index (Phi) is 5.38. The van der Waals surface area contributed by atoms with E-state index in [2.05, 4.69) is 11.4 Å². The molecule has 0 bridgehead atoms. The Morgan fingerprint density at radius 3 is 2.43 bits per heavy atom. The van der Waals surface area contributed by atoms with Crippen molar-refractivity contribution in [3.05, 3.63) is 41.5 Å². The second-order valence-electron chi connectivity index (χ2n) is 6.96. The van der Waals surface area contributed by atoms with E-state index in [0.29, 0.717) is 35.8 Å². The van der Waals surface area contributed by atoms with Crippen molar-refractivity contribution in [2.45, 2.75) is 20.3 Å². The van der Waals surface area contributed by atoms with Crippen LogP contribution in [0.2, 0.25) is 0 Å². The molecule has 0 radical (unpaired) electrons. The van der Waals surface area contributed by atoms with Crippen molar-refractivity contribution in [1.29, 1.82) is 0 Å². The van der Waals surface area contributed by atoms with E-state index in [1.165, 1.54) is 0 Å². The highest BCUT2D eigenvalue weighted by Crippen LogP contribution is 2.38. The molecule has 28 heavy (non-hydrogen) atoms. The van der Waals surface area contributed by atoms with Gasteiger partial charge in [-0.3, -0.25) is 9.59 Å². The van der Waals surface area contributed by atoms with Crippen molar-refractivity contribution >= 4 is 41.3 Å². The number of aryl methyl sites for hydroxylation is 2. The first-order chi connectivity index (χ1) is 12.9. The number of nitrogens with two attached hydrogens (primary N) is 1. The summed E-state index contributed by atoms with van der Waals surface area (Å²) in [6, 6.07) is 9.20. The number of nitrogens with one attached hydrogen (secondary N) is 1. The number of nitrogen functional groups attached to an aromatic ring is 1. The van der Waals surface area contributed by atoms with Gasteiger partial charge in [-0.1, -0.05) is 6.07 Å². The third-order valence-corrected chi connectivity index (χ3v) is 4.84. The lowest BCUT2D eigenvalue weighted by molar-refractivity contribution is -0.129. The van der Waals surface area contributed by atoms with Crippen molar-refractivity contribution in [3.63, 3.8) is 0 Å². The van der Waals surface area contributed by atoms with Crippen molar-refractivity contribution < 1.29 is 19.1 Å². The van der Waals surface area contributed by atoms with Crippen LogP contribution in [0, 0.1) is 19.8 Å². The standard InChI is InChI=1S/C20H21N3O4.ClH/c1-11-5-12(2)7-13(6-11)23-4-3-14(20(23)25)19(24)22-16-9-18-17(8-15(16)21)26-10-27-18;/h5-9,14H,3-4,10,21H2,1-2H3,(H,22,24);1H. The van der Waals surface area contributed by atoms with Crippen LogP contribution >= 0.6 is 12.4 Å². The predicted octanol–water partition coefficient (Wildman–Crippen LogP) is 3.03. The number of amides is 2. The molecular weight excluding hydrogens is 382 g/mol. The zero-order valence-corrected chi connectivity index (χ0v) is 16.5. The van der Waals surface area contributed by atoms with Crippen molar-refractivity contribution in [3.8, 4) is 11.5 Å². The van der Waals surface area contributed by atoms with Gasteiger partial charge in [0, 0.05) is 24.4 Å². The van der Waals surface area contributed by atoms with Gasteiger partial charge < -0.3 is 25.4 Å². The highest BCUT2D eigenvalue weighted by Gasteiger charge is 2.38. The molecule has 2 aliphatic heterocycles. The van der Waals surface area contributed by atoms with Crippen LogP contribution in [0.25, 0.3) is 0 Å². The summed E-state index contributed by atoms with van der Waals surface area (Å²) < 4.78 is 10.6. The van der Waals surface area contributed by atoms with E-state index < -0.39 is 5.92 Å². The van der Waals surface area contributed by atoms with Gasteiger partial charge in [-0.15, -0.1) is 12.4 Å². The molecule has 2 aliphatic rings. The maximum Gasteiger partial charge on any atom is 0.239 e. The average molecular weight is 404 g/mol. The van der Waals surface area contributed by atoms with Crippen molar-refractivity contribution in [1.82, 2.24) is 0 Å². The number of hydrogen-bond acceptors (Lipinski definition) is 5.